The van der Waals surface area contributed by atoms with Gasteiger partial charge in [0.15, 0.2) is 0 Å². The van der Waals surface area contributed by atoms with Crippen molar-refractivity contribution in [1.82, 2.24) is 9.78 Å². The fourth-order valence-electron chi connectivity index (χ4n) is 3.60. The van der Waals surface area contributed by atoms with Gasteiger partial charge in [-0.2, -0.15) is 5.10 Å². The van der Waals surface area contributed by atoms with Crippen LogP contribution in [0.4, 0.5) is 0 Å². The molecule has 0 unspecified atom stereocenters. The monoisotopic (exact) mass is 392 g/mol. The van der Waals surface area contributed by atoms with Crippen molar-refractivity contribution in [2.75, 3.05) is 0 Å². The van der Waals surface area contributed by atoms with Gasteiger partial charge in [-0.15, -0.1) is 0 Å². The third-order valence-electron chi connectivity index (χ3n) is 4.77. The molecule has 1 heterocycles. The molecule has 3 aromatic carbocycles. The van der Waals surface area contributed by atoms with Gasteiger partial charge in [0, 0.05) is 18.8 Å². The second-order valence-corrected chi connectivity index (χ2v) is 9.98. The lowest BCUT2D eigenvalue weighted by atomic mass is 10.3. The number of nitrogens with zero attached hydrogens (tertiary/aromatic N) is 2. The summed E-state index contributed by atoms with van der Waals surface area (Å²) in [6.45, 7) is 0. The van der Waals surface area contributed by atoms with E-state index in [0.29, 0.717) is 0 Å². The van der Waals surface area contributed by atoms with Gasteiger partial charge < -0.3 is 12.4 Å². The molecule has 4 rings (SSSR count). The molecule has 4 aromatic rings. The summed E-state index contributed by atoms with van der Waals surface area (Å²) in [5.41, 5.74) is 1.28. The van der Waals surface area contributed by atoms with Gasteiger partial charge in [-0.05, 0) is 36.4 Å². The molecule has 0 atom stereocenters. The van der Waals surface area contributed by atoms with Crippen LogP contribution >= 0.6 is 7.26 Å². The average molecular weight is 393 g/mol. The smallest absolute Gasteiger partial charge is 0.116 e. The largest absolute Gasteiger partial charge is 1.00 e. The predicted octanol–water partition coefficient (Wildman–Crippen LogP) is 0.918. The Bertz CT molecular complexity index is 872. The maximum atomic E-state index is 4.42. The maximum absolute atomic E-state index is 4.42. The SMILES string of the molecule is Cn1cc(C[P+](c2ccccc2)(c2ccccc2)c2ccccc2)cn1.[Cl-]. The molecule has 0 aliphatic carbocycles. The van der Waals surface area contributed by atoms with Gasteiger partial charge in [0.25, 0.3) is 0 Å². The molecular formula is C23H22ClN2P. The van der Waals surface area contributed by atoms with Crippen LogP contribution in [0.25, 0.3) is 0 Å². The molecule has 0 radical (unpaired) electrons. The number of aromatic nitrogens is 2. The highest BCUT2D eigenvalue weighted by Gasteiger charge is 2.45. The highest BCUT2D eigenvalue weighted by molar-refractivity contribution is 7.95. The summed E-state index contributed by atoms with van der Waals surface area (Å²) in [6, 6.07) is 32.9. The molecule has 0 N–H and O–H groups in total. The Kier molecular flexibility index (Phi) is 6.11. The standard InChI is InChI=1S/C23H22N2P.ClH/c1-25-18-20(17-24-25)19-26(21-11-5-2-6-12-21,22-13-7-3-8-14-22)23-15-9-4-10-16-23;/h2-18H,19H2,1H3;1H/q+1;/p-1. The van der Waals surface area contributed by atoms with E-state index in [1.54, 1.807) is 0 Å². The zero-order valence-corrected chi connectivity index (χ0v) is 16.9. The molecule has 0 saturated carbocycles. The second-order valence-electron chi connectivity index (χ2n) is 6.50. The lowest BCUT2D eigenvalue weighted by molar-refractivity contribution is -0.00000524. The van der Waals surface area contributed by atoms with E-state index in [9.17, 15) is 0 Å². The fourth-order valence-corrected chi connectivity index (χ4v) is 7.79. The van der Waals surface area contributed by atoms with E-state index < -0.39 is 7.26 Å². The minimum Gasteiger partial charge on any atom is -1.00 e. The second kappa shape index (κ2) is 8.52. The van der Waals surface area contributed by atoms with Crippen LogP contribution in [0.5, 0.6) is 0 Å². The zero-order chi connectivity index (χ0) is 17.8. The van der Waals surface area contributed by atoms with Crippen LogP contribution in [0.3, 0.4) is 0 Å². The number of rotatable bonds is 5. The summed E-state index contributed by atoms with van der Waals surface area (Å²) in [5, 5.41) is 8.63. The van der Waals surface area contributed by atoms with Gasteiger partial charge in [-0.1, -0.05) is 54.6 Å². The van der Waals surface area contributed by atoms with E-state index in [1.165, 1.54) is 21.5 Å². The van der Waals surface area contributed by atoms with Crippen LogP contribution in [-0.4, -0.2) is 9.78 Å². The van der Waals surface area contributed by atoms with Crippen LogP contribution in [-0.2, 0) is 13.2 Å². The van der Waals surface area contributed by atoms with E-state index in [2.05, 4.69) is 102 Å². The van der Waals surface area contributed by atoms with Crippen LogP contribution in [0.2, 0.25) is 0 Å². The number of benzene rings is 3. The van der Waals surface area contributed by atoms with Gasteiger partial charge in [0.05, 0.1) is 6.20 Å². The summed E-state index contributed by atoms with van der Waals surface area (Å²) in [5.74, 6) is 0. The fraction of sp³-hybridized carbons (Fsp3) is 0.0870. The molecule has 0 fully saturated rings. The number of hydrogen-bond acceptors (Lipinski definition) is 1. The minimum atomic E-state index is -1.82. The van der Waals surface area contributed by atoms with Gasteiger partial charge in [0.1, 0.15) is 29.3 Å². The number of hydrogen-bond donors (Lipinski definition) is 0. The van der Waals surface area contributed by atoms with Crippen molar-refractivity contribution in [2.45, 2.75) is 6.16 Å². The summed E-state index contributed by atoms with van der Waals surface area (Å²) >= 11 is 0. The van der Waals surface area contributed by atoms with Crippen LogP contribution in [0.15, 0.2) is 103 Å². The van der Waals surface area contributed by atoms with Crippen LogP contribution < -0.4 is 28.3 Å². The summed E-state index contributed by atoms with van der Waals surface area (Å²) in [4.78, 5) is 0. The zero-order valence-electron chi connectivity index (χ0n) is 15.2. The highest BCUT2D eigenvalue weighted by Crippen LogP contribution is 2.58. The number of aryl methyl sites for hydroxylation is 1. The van der Waals surface area contributed by atoms with E-state index in [1.807, 2.05) is 17.9 Å². The molecule has 0 aliphatic heterocycles. The molecule has 0 amide bonds. The molecular weight excluding hydrogens is 371 g/mol. The topological polar surface area (TPSA) is 17.8 Å². The van der Waals surface area contributed by atoms with E-state index in [4.69, 9.17) is 0 Å². The summed E-state index contributed by atoms with van der Waals surface area (Å²) < 4.78 is 1.89. The van der Waals surface area contributed by atoms with Gasteiger partial charge in [-0.25, -0.2) is 0 Å². The van der Waals surface area contributed by atoms with E-state index in [0.717, 1.165) is 6.16 Å². The Morgan fingerprint density at radius 2 is 1.11 bits per heavy atom. The van der Waals surface area contributed by atoms with Crippen LogP contribution in [0.1, 0.15) is 5.56 Å². The first-order valence-electron chi connectivity index (χ1n) is 8.81. The predicted molar refractivity (Wildman–Crippen MR) is 112 cm³/mol. The lowest BCUT2D eigenvalue weighted by Gasteiger charge is -2.27. The molecule has 0 saturated heterocycles. The first kappa shape index (κ1) is 19.4. The van der Waals surface area contributed by atoms with Crippen molar-refractivity contribution in [3.63, 3.8) is 0 Å². The molecule has 0 bridgehead atoms. The first-order chi connectivity index (χ1) is 12.8. The maximum Gasteiger partial charge on any atom is 0.116 e. The summed E-state index contributed by atoms with van der Waals surface area (Å²) in [7, 11) is 0.168. The minimum absolute atomic E-state index is 0. The Morgan fingerprint density at radius 1 is 0.704 bits per heavy atom. The van der Waals surface area contributed by atoms with Crippen molar-refractivity contribution in [3.8, 4) is 0 Å². The average Bonchev–Trinajstić information content (AvgIpc) is 3.13. The lowest BCUT2D eigenvalue weighted by Crippen LogP contribution is -3.00. The van der Waals surface area contributed by atoms with Crippen molar-refractivity contribution in [1.29, 1.82) is 0 Å². The Morgan fingerprint density at radius 3 is 1.44 bits per heavy atom. The quantitative estimate of drug-likeness (QED) is 0.462. The Labute approximate surface area is 167 Å². The summed E-state index contributed by atoms with van der Waals surface area (Å²) in [6.07, 6.45) is 5.12. The highest BCUT2D eigenvalue weighted by atomic mass is 35.5. The molecule has 0 aliphatic rings. The van der Waals surface area contributed by atoms with Gasteiger partial charge >= 0.3 is 0 Å². The van der Waals surface area contributed by atoms with E-state index >= 15 is 0 Å². The van der Waals surface area contributed by atoms with Crippen molar-refractivity contribution < 1.29 is 12.4 Å². The molecule has 136 valence electrons. The van der Waals surface area contributed by atoms with E-state index in [-0.39, 0.29) is 12.4 Å². The third-order valence-corrected chi connectivity index (χ3v) is 9.15. The molecule has 2 nitrogen and oxygen atoms in total. The first-order valence-corrected chi connectivity index (χ1v) is 10.8. The number of halogens is 1. The molecule has 0 spiro atoms. The van der Waals surface area contributed by atoms with Crippen LogP contribution in [0, 0.1) is 0 Å². The van der Waals surface area contributed by atoms with Crippen molar-refractivity contribution in [3.05, 3.63) is 109 Å². The van der Waals surface area contributed by atoms with Crippen molar-refractivity contribution in [2.24, 2.45) is 7.05 Å². The van der Waals surface area contributed by atoms with Gasteiger partial charge in [0.2, 0.25) is 0 Å². The molecule has 1 aromatic heterocycles. The normalized spacial score (nSPS) is 11.0. The Hall–Kier alpha value is -2.41. The van der Waals surface area contributed by atoms with Crippen molar-refractivity contribution >= 4 is 23.2 Å². The molecule has 4 heteroatoms. The third kappa shape index (κ3) is 3.83. The molecule has 27 heavy (non-hydrogen) atoms. The Balaban J connectivity index is 0.00000210. The van der Waals surface area contributed by atoms with Gasteiger partial charge in [-0.3, -0.25) is 4.68 Å².